The topological polar surface area (TPSA) is 27.3 Å². The first-order valence-corrected chi connectivity index (χ1v) is 9.30. The van der Waals surface area contributed by atoms with Crippen molar-refractivity contribution >= 4 is 30.5 Å². The van der Waals surface area contributed by atoms with Crippen molar-refractivity contribution in [3.63, 3.8) is 0 Å². The van der Waals surface area contributed by atoms with Gasteiger partial charge in [-0.15, -0.1) is 31.4 Å². The summed E-state index contributed by atoms with van der Waals surface area (Å²) in [4.78, 5) is 2.60. The molecule has 5 heteroatoms. The van der Waals surface area contributed by atoms with Crippen LogP contribution in [-0.2, 0) is 6.54 Å². The van der Waals surface area contributed by atoms with E-state index in [9.17, 15) is 0 Å². The molecule has 0 saturated carbocycles. The molecule has 1 atom stereocenters. The second kappa shape index (κ2) is 12.8. The van der Waals surface area contributed by atoms with Crippen molar-refractivity contribution in [1.29, 1.82) is 0 Å². The van der Waals surface area contributed by atoms with E-state index in [-0.39, 0.29) is 24.8 Å². The van der Waals surface area contributed by atoms with Gasteiger partial charge in [0.05, 0.1) is 0 Å². The summed E-state index contributed by atoms with van der Waals surface area (Å²) in [5, 5.41) is 6.96. The van der Waals surface area contributed by atoms with E-state index < -0.39 is 0 Å². The Bertz CT molecular complexity index is 640. The predicted octanol–water partition coefficient (Wildman–Crippen LogP) is 5.05. The Balaban J connectivity index is 0.00000182. The van der Waals surface area contributed by atoms with Gasteiger partial charge in [-0.05, 0) is 36.1 Å². The minimum atomic E-state index is 0. The van der Waals surface area contributed by atoms with Gasteiger partial charge in [-0.1, -0.05) is 48.5 Å². The fraction of sp³-hybridized carbons (Fsp3) is 0.364. The summed E-state index contributed by atoms with van der Waals surface area (Å²) >= 11 is 0. The fourth-order valence-electron chi connectivity index (χ4n) is 3.45. The molecule has 0 spiro atoms. The van der Waals surface area contributed by atoms with Gasteiger partial charge in [-0.3, -0.25) is 4.90 Å². The molecule has 0 aromatic heterocycles. The van der Waals surface area contributed by atoms with E-state index in [1.807, 2.05) is 6.08 Å². The molecule has 0 radical (unpaired) electrons. The molecule has 1 heterocycles. The van der Waals surface area contributed by atoms with Crippen LogP contribution in [-0.4, -0.2) is 31.1 Å². The van der Waals surface area contributed by atoms with E-state index >= 15 is 0 Å². The molecule has 0 aliphatic carbocycles. The average molecular weight is 408 g/mol. The first-order chi connectivity index (χ1) is 12.4. The van der Waals surface area contributed by atoms with Crippen molar-refractivity contribution in [2.75, 3.05) is 31.5 Å². The molecule has 3 rings (SSSR count). The van der Waals surface area contributed by atoms with E-state index in [4.69, 9.17) is 0 Å². The Hall–Kier alpha value is -1.52. The fourth-order valence-corrected chi connectivity index (χ4v) is 3.45. The highest BCUT2D eigenvalue weighted by molar-refractivity contribution is 5.85. The molecule has 2 aromatic rings. The lowest BCUT2D eigenvalue weighted by molar-refractivity contribution is 0.166. The van der Waals surface area contributed by atoms with E-state index in [0.717, 1.165) is 45.6 Å². The lowest BCUT2D eigenvalue weighted by Crippen LogP contribution is -2.45. The quantitative estimate of drug-likeness (QED) is 0.599. The van der Waals surface area contributed by atoms with Gasteiger partial charge in [-0.25, -0.2) is 0 Å². The molecular weight excluding hydrogens is 377 g/mol. The lowest BCUT2D eigenvalue weighted by atomic mass is 9.99. The summed E-state index contributed by atoms with van der Waals surface area (Å²) in [5.41, 5.74) is 3.89. The Morgan fingerprint density at radius 3 is 2.30 bits per heavy atom. The van der Waals surface area contributed by atoms with Crippen LogP contribution in [0.2, 0.25) is 0 Å². The number of anilines is 1. The van der Waals surface area contributed by atoms with Gasteiger partial charge < -0.3 is 10.6 Å². The zero-order valence-corrected chi connectivity index (χ0v) is 17.4. The summed E-state index contributed by atoms with van der Waals surface area (Å²) in [5.74, 6) is 0. The van der Waals surface area contributed by atoms with Crippen molar-refractivity contribution in [3.8, 4) is 0 Å². The maximum absolute atomic E-state index is 3.90. The third kappa shape index (κ3) is 7.19. The molecule has 1 aliphatic heterocycles. The number of nitrogens with one attached hydrogen (secondary N) is 2. The summed E-state index contributed by atoms with van der Waals surface area (Å²) in [6.07, 6.45) is 4.23. The maximum atomic E-state index is 3.90. The van der Waals surface area contributed by atoms with E-state index in [1.54, 1.807) is 0 Å². The number of piperazine rings is 1. The zero-order valence-electron chi connectivity index (χ0n) is 15.8. The molecule has 3 nitrogen and oxygen atoms in total. The van der Waals surface area contributed by atoms with Crippen LogP contribution >= 0.6 is 24.8 Å². The van der Waals surface area contributed by atoms with Crippen LogP contribution in [0.3, 0.4) is 0 Å². The smallest absolute Gasteiger partial charge is 0.0400 e. The highest BCUT2D eigenvalue weighted by atomic mass is 35.5. The Kier molecular flexibility index (Phi) is 11.1. The van der Waals surface area contributed by atoms with Crippen molar-refractivity contribution in [1.82, 2.24) is 10.2 Å². The predicted molar refractivity (Wildman–Crippen MR) is 121 cm³/mol. The van der Waals surface area contributed by atoms with Gasteiger partial charge in [-0.2, -0.15) is 0 Å². The van der Waals surface area contributed by atoms with Crippen LogP contribution in [0.15, 0.2) is 67.3 Å². The van der Waals surface area contributed by atoms with Crippen LogP contribution < -0.4 is 10.6 Å². The van der Waals surface area contributed by atoms with Crippen LogP contribution in [0.4, 0.5) is 5.69 Å². The summed E-state index contributed by atoms with van der Waals surface area (Å²) in [6.45, 7) is 9.17. The molecular formula is C22H31Cl2N3. The second-order valence-corrected chi connectivity index (χ2v) is 6.63. The van der Waals surface area contributed by atoms with Gasteiger partial charge in [0.2, 0.25) is 0 Å². The number of allylic oxidation sites excluding steroid dienone is 1. The Morgan fingerprint density at radius 2 is 1.67 bits per heavy atom. The minimum absolute atomic E-state index is 0. The molecule has 1 saturated heterocycles. The standard InChI is InChI=1S/C22H29N3.2ClH/c1-2-3-9-22(25-16-14-23-15-17-25)20-10-12-21(13-11-20)24-18-19-7-5-4-6-8-19;;/h2,4-8,10-13,22-24H,1,3,9,14-18H2;2*1H/t22-;;/m0../s1. The monoisotopic (exact) mass is 407 g/mol. The number of hydrogen-bond donors (Lipinski definition) is 2. The normalized spacial score (nSPS) is 15.1. The number of rotatable bonds is 8. The Labute approximate surface area is 176 Å². The molecule has 148 valence electrons. The Morgan fingerprint density at radius 1 is 1.00 bits per heavy atom. The first kappa shape index (κ1) is 23.5. The highest BCUT2D eigenvalue weighted by Gasteiger charge is 2.21. The van der Waals surface area contributed by atoms with Gasteiger partial charge in [0.1, 0.15) is 0 Å². The zero-order chi connectivity index (χ0) is 17.3. The number of nitrogens with zero attached hydrogens (tertiary/aromatic N) is 1. The summed E-state index contributed by atoms with van der Waals surface area (Å²) in [7, 11) is 0. The van der Waals surface area contributed by atoms with Gasteiger partial charge >= 0.3 is 0 Å². The van der Waals surface area contributed by atoms with E-state index in [2.05, 4.69) is 76.7 Å². The number of benzene rings is 2. The summed E-state index contributed by atoms with van der Waals surface area (Å²) in [6, 6.07) is 20.0. The SMILES string of the molecule is C=CCC[C@@H](c1ccc(NCc2ccccc2)cc1)N1CCNCC1.Cl.Cl. The highest BCUT2D eigenvalue weighted by Crippen LogP contribution is 2.27. The largest absolute Gasteiger partial charge is 0.381 e. The first-order valence-electron chi connectivity index (χ1n) is 9.30. The molecule has 1 aliphatic rings. The molecule has 0 unspecified atom stereocenters. The maximum Gasteiger partial charge on any atom is 0.0400 e. The minimum Gasteiger partial charge on any atom is -0.381 e. The van der Waals surface area contributed by atoms with Gasteiger partial charge in [0.25, 0.3) is 0 Å². The molecule has 0 amide bonds. The molecule has 0 bridgehead atoms. The van der Waals surface area contributed by atoms with E-state index in [1.165, 1.54) is 16.8 Å². The van der Waals surface area contributed by atoms with Gasteiger partial charge in [0.15, 0.2) is 0 Å². The molecule has 1 fully saturated rings. The molecule has 2 aromatic carbocycles. The van der Waals surface area contributed by atoms with E-state index in [0.29, 0.717) is 6.04 Å². The van der Waals surface area contributed by atoms with Crippen molar-refractivity contribution in [3.05, 3.63) is 78.4 Å². The van der Waals surface area contributed by atoms with Crippen LogP contribution in [0.25, 0.3) is 0 Å². The third-order valence-electron chi connectivity index (χ3n) is 4.87. The third-order valence-corrected chi connectivity index (χ3v) is 4.87. The number of hydrogen-bond acceptors (Lipinski definition) is 3. The van der Waals surface area contributed by atoms with Crippen molar-refractivity contribution < 1.29 is 0 Å². The molecule has 2 N–H and O–H groups in total. The van der Waals surface area contributed by atoms with Crippen molar-refractivity contribution in [2.24, 2.45) is 0 Å². The van der Waals surface area contributed by atoms with Crippen LogP contribution in [0.1, 0.15) is 30.0 Å². The van der Waals surface area contributed by atoms with Crippen molar-refractivity contribution in [2.45, 2.75) is 25.4 Å². The van der Waals surface area contributed by atoms with Crippen LogP contribution in [0.5, 0.6) is 0 Å². The van der Waals surface area contributed by atoms with Crippen LogP contribution in [0, 0.1) is 0 Å². The average Bonchev–Trinajstić information content (AvgIpc) is 2.69. The number of halogens is 2. The van der Waals surface area contributed by atoms with Gasteiger partial charge in [0, 0.05) is 44.5 Å². The lowest BCUT2D eigenvalue weighted by Gasteiger charge is -2.35. The summed E-state index contributed by atoms with van der Waals surface area (Å²) < 4.78 is 0. The molecule has 27 heavy (non-hydrogen) atoms. The second-order valence-electron chi connectivity index (χ2n) is 6.63.